The molecule has 0 radical (unpaired) electrons. The molecule has 0 fully saturated rings. The van der Waals surface area contributed by atoms with Crippen molar-refractivity contribution in [3.8, 4) is 0 Å². The molecule has 0 saturated carbocycles. The zero-order valence-electron chi connectivity index (χ0n) is 11.6. The third-order valence-corrected chi connectivity index (χ3v) is 4.97. The summed E-state index contributed by atoms with van der Waals surface area (Å²) in [5, 5.41) is 10.8. The van der Waals surface area contributed by atoms with E-state index in [1.54, 1.807) is 6.92 Å². The van der Waals surface area contributed by atoms with Crippen molar-refractivity contribution in [2.24, 2.45) is 0 Å². The van der Waals surface area contributed by atoms with Crippen LogP contribution in [0.1, 0.15) is 26.7 Å². The molecule has 0 amide bonds. The Morgan fingerprint density at radius 2 is 2.00 bits per heavy atom. The molecule has 0 unspecified atom stereocenters. The Kier molecular flexibility index (Phi) is 5.46. The van der Waals surface area contributed by atoms with Crippen LogP contribution in [0.15, 0.2) is 23.1 Å². The van der Waals surface area contributed by atoms with Gasteiger partial charge in [0.25, 0.3) is 5.69 Å². The van der Waals surface area contributed by atoms with E-state index < -0.39 is 14.9 Å². The van der Waals surface area contributed by atoms with Crippen LogP contribution in [0.4, 0.5) is 11.4 Å². The molecule has 0 aliphatic rings. The van der Waals surface area contributed by atoms with Gasteiger partial charge in [-0.3, -0.25) is 10.1 Å². The largest absolute Gasteiger partial charge is 0.398 e. The molecule has 1 rings (SSSR count). The molecule has 0 heterocycles. The normalized spacial score (nSPS) is 11.8. The van der Waals surface area contributed by atoms with E-state index in [1.807, 2.05) is 6.92 Å². The van der Waals surface area contributed by atoms with Gasteiger partial charge in [0.05, 0.1) is 10.6 Å². The SMILES string of the molecule is CCCCN(CC)S(=O)(=O)c1cc([N+](=O)[O-])ccc1N. The van der Waals surface area contributed by atoms with Gasteiger partial charge in [-0.25, -0.2) is 8.42 Å². The summed E-state index contributed by atoms with van der Waals surface area (Å²) in [5.74, 6) is 0. The number of non-ortho nitro benzene ring substituents is 1. The maximum atomic E-state index is 12.5. The monoisotopic (exact) mass is 301 g/mol. The molecule has 1 aromatic carbocycles. The fraction of sp³-hybridized carbons (Fsp3) is 0.500. The van der Waals surface area contributed by atoms with Crippen molar-refractivity contribution >= 4 is 21.4 Å². The number of nitro benzene ring substituents is 1. The number of sulfonamides is 1. The zero-order chi connectivity index (χ0) is 15.3. The molecule has 1 aromatic rings. The fourth-order valence-electron chi connectivity index (χ4n) is 1.78. The van der Waals surface area contributed by atoms with Gasteiger partial charge in [-0.1, -0.05) is 20.3 Å². The van der Waals surface area contributed by atoms with Crippen LogP contribution < -0.4 is 5.73 Å². The van der Waals surface area contributed by atoms with Crippen molar-refractivity contribution in [2.45, 2.75) is 31.6 Å². The van der Waals surface area contributed by atoms with Crippen molar-refractivity contribution in [1.82, 2.24) is 4.31 Å². The van der Waals surface area contributed by atoms with Gasteiger partial charge in [-0.05, 0) is 12.5 Å². The van der Waals surface area contributed by atoms with Crippen molar-refractivity contribution in [3.63, 3.8) is 0 Å². The number of nitro groups is 1. The van der Waals surface area contributed by atoms with Crippen LogP contribution in [0, 0.1) is 10.1 Å². The van der Waals surface area contributed by atoms with E-state index in [4.69, 9.17) is 5.73 Å². The first-order valence-electron chi connectivity index (χ1n) is 6.38. The van der Waals surface area contributed by atoms with Gasteiger partial charge in [-0.15, -0.1) is 0 Å². The summed E-state index contributed by atoms with van der Waals surface area (Å²) in [6.45, 7) is 4.35. The van der Waals surface area contributed by atoms with Crippen molar-refractivity contribution in [3.05, 3.63) is 28.3 Å². The first-order chi connectivity index (χ1) is 9.34. The third-order valence-electron chi connectivity index (χ3n) is 2.94. The smallest absolute Gasteiger partial charge is 0.270 e. The summed E-state index contributed by atoms with van der Waals surface area (Å²) in [5.41, 5.74) is 5.40. The van der Waals surface area contributed by atoms with Gasteiger partial charge in [0.15, 0.2) is 0 Å². The molecular weight excluding hydrogens is 282 g/mol. The number of nitrogens with zero attached hydrogens (tertiary/aromatic N) is 2. The average molecular weight is 301 g/mol. The number of unbranched alkanes of at least 4 members (excludes halogenated alkanes) is 1. The summed E-state index contributed by atoms with van der Waals surface area (Å²) >= 11 is 0. The minimum atomic E-state index is -3.81. The maximum Gasteiger partial charge on any atom is 0.270 e. The number of benzene rings is 1. The first kappa shape index (κ1) is 16.4. The lowest BCUT2D eigenvalue weighted by Crippen LogP contribution is -2.32. The van der Waals surface area contributed by atoms with E-state index in [0.29, 0.717) is 13.1 Å². The summed E-state index contributed by atoms with van der Waals surface area (Å²) in [6, 6.07) is 3.45. The third kappa shape index (κ3) is 3.45. The minimum Gasteiger partial charge on any atom is -0.398 e. The second-order valence-electron chi connectivity index (χ2n) is 4.33. The zero-order valence-corrected chi connectivity index (χ0v) is 12.4. The number of nitrogens with two attached hydrogens (primary N) is 1. The van der Waals surface area contributed by atoms with E-state index >= 15 is 0 Å². The Balaban J connectivity index is 3.26. The number of hydrogen-bond acceptors (Lipinski definition) is 5. The average Bonchev–Trinajstić information content (AvgIpc) is 2.39. The Hall–Kier alpha value is -1.67. The number of nitrogen functional groups attached to an aromatic ring is 1. The van der Waals surface area contributed by atoms with Crippen molar-refractivity contribution in [2.75, 3.05) is 18.8 Å². The quantitative estimate of drug-likeness (QED) is 0.471. The number of anilines is 1. The van der Waals surface area contributed by atoms with Crippen LogP contribution >= 0.6 is 0 Å². The van der Waals surface area contributed by atoms with Crippen LogP contribution in [0.5, 0.6) is 0 Å². The van der Waals surface area contributed by atoms with Crippen LogP contribution in [-0.2, 0) is 10.0 Å². The second-order valence-corrected chi connectivity index (χ2v) is 6.24. The van der Waals surface area contributed by atoms with Gasteiger partial charge in [0, 0.05) is 25.2 Å². The highest BCUT2D eigenvalue weighted by molar-refractivity contribution is 7.89. The van der Waals surface area contributed by atoms with Gasteiger partial charge in [0.1, 0.15) is 4.90 Å². The lowest BCUT2D eigenvalue weighted by molar-refractivity contribution is -0.385. The molecule has 112 valence electrons. The lowest BCUT2D eigenvalue weighted by atomic mass is 10.3. The summed E-state index contributed by atoms with van der Waals surface area (Å²) in [4.78, 5) is 9.92. The van der Waals surface area contributed by atoms with E-state index in [2.05, 4.69) is 0 Å². The predicted molar refractivity (Wildman–Crippen MR) is 76.8 cm³/mol. The van der Waals surface area contributed by atoms with E-state index in [9.17, 15) is 18.5 Å². The van der Waals surface area contributed by atoms with Crippen LogP contribution in [-0.4, -0.2) is 30.7 Å². The highest BCUT2D eigenvalue weighted by Gasteiger charge is 2.26. The fourth-order valence-corrected chi connectivity index (χ4v) is 3.40. The van der Waals surface area contributed by atoms with Gasteiger partial charge < -0.3 is 5.73 Å². The summed E-state index contributed by atoms with van der Waals surface area (Å²) in [7, 11) is -3.81. The minimum absolute atomic E-state index is 0.0190. The molecule has 2 N–H and O–H groups in total. The molecule has 0 atom stereocenters. The Bertz CT molecular complexity index is 586. The van der Waals surface area contributed by atoms with Gasteiger partial charge >= 0.3 is 0 Å². The Morgan fingerprint density at radius 1 is 1.35 bits per heavy atom. The lowest BCUT2D eigenvalue weighted by Gasteiger charge is -2.20. The van der Waals surface area contributed by atoms with Crippen LogP contribution in [0.25, 0.3) is 0 Å². The molecule has 0 aliphatic carbocycles. The predicted octanol–water partition coefficient (Wildman–Crippen LogP) is 1.99. The molecule has 7 nitrogen and oxygen atoms in total. The topological polar surface area (TPSA) is 107 Å². The Labute approximate surface area is 118 Å². The van der Waals surface area contributed by atoms with E-state index in [0.717, 1.165) is 18.9 Å². The highest BCUT2D eigenvalue weighted by Crippen LogP contribution is 2.27. The Morgan fingerprint density at radius 3 is 2.50 bits per heavy atom. The molecule has 0 aromatic heterocycles. The molecule has 0 saturated heterocycles. The molecular formula is C12H19N3O4S. The molecule has 0 bridgehead atoms. The summed E-state index contributed by atoms with van der Waals surface area (Å²) in [6.07, 6.45) is 1.58. The van der Waals surface area contributed by atoms with Crippen molar-refractivity contribution in [1.29, 1.82) is 0 Å². The molecule has 20 heavy (non-hydrogen) atoms. The van der Waals surface area contributed by atoms with Gasteiger partial charge in [-0.2, -0.15) is 4.31 Å². The maximum absolute atomic E-state index is 12.5. The van der Waals surface area contributed by atoms with Crippen LogP contribution in [0.2, 0.25) is 0 Å². The molecule has 0 spiro atoms. The van der Waals surface area contributed by atoms with Crippen molar-refractivity contribution < 1.29 is 13.3 Å². The highest BCUT2D eigenvalue weighted by atomic mass is 32.2. The standard InChI is InChI=1S/C12H19N3O4S/c1-3-5-8-14(4-2)20(18,19)12-9-10(15(16)17)6-7-11(12)13/h6-7,9H,3-5,8,13H2,1-2H3. The van der Waals surface area contributed by atoms with Gasteiger partial charge in [0.2, 0.25) is 10.0 Å². The first-order valence-corrected chi connectivity index (χ1v) is 7.82. The summed E-state index contributed by atoms with van der Waals surface area (Å²) < 4.78 is 26.3. The van der Waals surface area contributed by atoms with E-state index in [1.165, 1.54) is 16.4 Å². The number of hydrogen-bond donors (Lipinski definition) is 1. The number of rotatable bonds is 7. The van der Waals surface area contributed by atoms with Crippen LogP contribution in [0.3, 0.4) is 0 Å². The second kappa shape index (κ2) is 6.67. The molecule has 8 heteroatoms. The molecule has 0 aliphatic heterocycles. The van der Waals surface area contributed by atoms with E-state index in [-0.39, 0.29) is 16.3 Å².